The lowest BCUT2D eigenvalue weighted by Gasteiger charge is -2.33. The third-order valence-corrected chi connectivity index (χ3v) is 5.00. The number of benzene rings is 2. The van der Waals surface area contributed by atoms with Gasteiger partial charge in [-0.1, -0.05) is 17.7 Å². The monoisotopic (exact) mass is 374 g/mol. The molecule has 26 heavy (non-hydrogen) atoms. The van der Waals surface area contributed by atoms with Crippen molar-refractivity contribution in [3.63, 3.8) is 0 Å². The first-order chi connectivity index (χ1) is 12.6. The fraction of sp³-hybridized carbons (Fsp3) is 0.300. The van der Waals surface area contributed by atoms with Gasteiger partial charge in [0.15, 0.2) is 0 Å². The highest BCUT2D eigenvalue weighted by Crippen LogP contribution is 2.24. The Balaban J connectivity index is 1.49. The molecule has 1 fully saturated rings. The van der Waals surface area contributed by atoms with Gasteiger partial charge in [0.2, 0.25) is 5.91 Å². The minimum atomic E-state index is -0.463. The molecule has 1 heterocycles. The van der Waals surface area contributed by atoms with Gasteiger partial charge in [-0.3, -0.25) is 9.59 Å². The van der Waals surface area contributed by atoms with Crippen molar-refractivity contribution < 1.29 is 14.0 Å². The van der Waals surface area contributed by atoms with Crippen LogP contribution < -0.4 is 10.2 Å². The third-order valence-electron chi connectivity index (χ3n) is 4.71. The lowest BCUT2D eigenvalue weighted by atomic mass is 9.95. The van der Waals surface area contributed by atoms with Gasteiger partial charge in [0.25, 0.3) is 0 Å². The van der Waals surface area contributed by atoms with E-state index in [2.05, 4.69) is 10.2 Å². The summed E-state index contributed by atoms with van der Waals surface area (Å²) in [4.78, 5) is 25.3. The van der Waals surface area contributed by atoms with E-state index in [9.17, 15) is 14.0 Å². The third kappa shape index (κ3) is 4.41. The molecule has 3 rings (SSSR count). The second-order valence-electron chi connectivity index (χ2n) is 6.44. The van der Waals surface area contributed by atoms with Crippen molar-refractivity contribution in [2.75, 3.05) is 18.0 Å². The summed E-state index contributed by atoms with van der Waals surface area (Å²) in [6.07, 6.45) is 2.37. The summed E-state index contributed by atoms with van der Waals surface area (Å²) in [5.41, 5.74) is 2.50. The minimum Gasteiger partial charge on any atom is -0.371 e. The van der Waals surface area contributed by atoms with E-state index in [1.165, 1.54) is 12.1 Å². The number of carbonyl (C=O) groups is 2. The average Bonchev–Trinajstić information content (AvgIpc) is 2.69. The molecule has 0 unspecified atom stereocenters. The zero-order valence-corrected chi connectivity index (χ0v) is 15.0. The van der Waals surface area contributed by atoms with Crippen LogP contribution in [0.3, 0.4) is 0 Å². The van der Waals surface area contributed by atoms with Crippen molar-refractivity contribution in [2.24, 2.45) is 5.92 Å². The minimum absolute atomic E-state index is 0.0152. The maximum Gasteiger partial charge on any atom is 0.223 e. The Morgan fingerprint density at radius 1 is 1.19 bits per heavy atom. The van der Waals surface area contributed by atoms with Crippen LogP contribution in [0.2, 0.25) is 5.02 Å². The Morgan fingerprint density at radius 2 is 1.88 bits per heavy atom. The van der Waals surface area contributed by atoms with Gasteiger partial charge in [0, 0.05) is 36.8 Å². The number of aldehydes is 1. The van der Waals surface area contributed by atoms with E-state index in [1.54, 1.807) is 18.2 Å². The zero-order valence-electron chi connectivity index (χ0n) is 14.3. The SMILES string of the molecule is O=Cc1ccc(N2CCC(C(=O)NCc3ccc(F)c(Cl)c3)CC2)cc1. The number of nitrogens with zero attached hydrogens (tertiary/aromatic N) is 1. The van der Waals surface area contributed by atoms with Crippen LogP contribution in [0.15, 0.2) is 42.5 Å². The van der Waals surface area contributed by atoms with Crippen LogP contribution in [0.5, 0.6) is 0 Å². The van der Waals surface area contributed by atoms with Crippen LogP contribution >= 0.6 is 11.6 Å². The highest BCUT2D eigenvalue weighted by atomic mass is 35.5. The van der Waals surface area contributed by atoms with Gasteiger partial charge in [-0.25, -0.2) is 4.39 Å². The van der Waals surface area contributed by atoms with E-state index in [-0.39, 0.29) is 16.8 Å². The predicted octanol–water partition coefficient (Wildman–Crippen LogP) is 3.82. The number of hydrogen-bond acceptors (Lipinski definition) is 3. The van der Waals surface area contributed by atoms with Crippen LogP contribution in [-0.4, -0.2) is 25.3 Å². The first kappa shape index (κ1) is 18.4. The number of amides is 1. The standard InChI is InChI=1S/C20H20ClFN2O2/c21-18-11-15(3-6-19(18)22)12-23-20(26)16-7-9-24(10-8-16)17-4-1-14(13-25)2-5-17/h1-6,11,13,16H,7-10,12H2,(H,23,26). The quantitative estimate of drug-likeness (QED) is 0.809. The maximum atomic E-state index is 13.2. The number of halogens is 2. The molecular formula is C20H20ClFN2O2. The molecule has 4 nitrogen and oxygen atoms in total. The Labute approximate surface area is 157 Å². The molecule has 6 heteroatoms. The van der Waals surface area contributed by atoms with Gasteiger partial charge >= 0.3 is 0 Å². The molecule has 0 radical (unpaired) electrons. The fourth-order valence-electron chi connectivity index (χ4n) is 3.15. The molecule has 1 N–H and O–H groups in total. The van der Waals surface area contributed by atoms with Crippen molar-refractivity contribution in [3.05, 3.63) is 64.4 Å². The van der Waals surface area contributed by atoms with Crippen LogP contribution in [0.25, 0.3) is 0 Å². The maximum absolute atomic E-state index is 13.2. The summed E-state index contributed by atoms with van der Waals surface area (Å²) in [5.74, 6) is -0.479. The zero-order chi connectivity index (χ0) is 18.5. The average molecular weight is 375 g/mol. The van der Waals surface area contributed by atoms with Gasteiger partial charge in [0.05, 0.1) is 5.02 Å². The van der Waals surface area contributed by atoms with Crippen molar-refractivity contribution in [2.45, 2.75) is 19.4 Å². The molecule has 1 saturated heterocycles. The van der Waals surface area contributed by atoms with Crippen LogP contribution in [0.1, 0.15) is 28.8 Å². The highest BCUT2D eigenvalue weighted by molar-refractivity contribution is 6.30. The molecular weight excluding hydrogens is 355 g/mol. The molecule has 0 spiro atoms. The molecule has 0 bridgehead atoms. The van der Waals surface area contributed by atoms with Gasteiger partial charge in [0.1, 0.15) is 12.1 Å². The van der Waals surface area contributed by atoms with Crippen molar-refractivity contribution >= 4 is 29.5 Å². The first-order valence-corrected chi connectivity index (χ1v) is 8.96. The molecule has 2 aromatic rings. The van der Waals surface area contributed by atoms with E-state index in [1.807, 2.05) is 12.1 Å². The van der Waals surface area contributed by atoms with E-state index in [0.717, 1.165) is 43.5 Å². The fourth-order valence-corrected chi connectivity index (χ4v) is 3.35. The molecule has 1 amide bonds. The van der Waals surface area contributed by atoms with E-state index in [0.29, 0.717) is 12.1 Å². The Bertz CT molecular complexity index is 787. The summed E-state index contributed by atoms with van der Waals surface area (Å²) in [6.45, 7) is 1.92. The normalized spacial score (nSPS) is 14.9. The summed E-state index contributed by atoms with van der Waals surface area (Å²) >= 11 is 5.76. The number of piperidine rings is 1. The summed E-state index contributed by atoms with van der Waals surface area (Å²) in [7, 11) is 0. The van der Waals surface area contributed by atoms with Crippen LogP contribution in [0, 0.1) is 11.7 Å². The number of hydrogen-bond donors (Lipinski definition) is 1. The van der Waals surface area contributed by atoms with Gasteiger partial charge < -0.3 is 10.2 Å². The molecule has 2 aromatic carbocycles. The Morgan fingerprint density at radius 3 is 2.50 bits per heavy atom. The first-order valence-electron chi connectivity index (χ1n) is 8.58. The smallest absolute Gasteiger partial charge is 0.223 e. The van der Waals surface area contributed by atoms with Crippen molar-refractivity contribution in [3.8, 4) is 0 Å². The molecule has 136 valence electrons. The number of rotatable bonds is 5. The molecule has 0 aromatic heterocycles. The molecule has 0 atom stereocenters. The van der Waals surface area contributed by atoms with Crippen LogP contribution in [-0.2, 0) is 11.3 Å². The van der Waals surface area contributed by atoms with Gasteiger partial charge in [-0.15, -0.1) is 0 Å². The second-order valence-corrected chi connectivity index (χ2v) is 6.84. The highest BCUT2D eigenvalue weighted by Gasteiger charge is 2.25. The topological polar surface area (TPSA) is 49.4 Å². The number of nitrogens with one attached hydrogen (secondary N) is 1. The summed E-state index contributed by atoms with van der Waals surface area (Å²) in [5, 5.41) is 2.97. The largest absolute Gasteiger partial charge is 0.371 e. The molecule has 0 aliphatic carbocycles. The number of carbonyl (C=O) groups excluding carboxylic acids is 2. The van der Waals surface area contributed by atoms with Gasteiger partial charge in [-0.2, -0.15) is 0 Å². The lowest BCUT2D eigenvalue weighted by Crippen LogP contribution is -2.40. The lowest BCUT2D eigenvalue weighted by molar-refractivity contribution is -0.125. The van der Waals surface area contributed by atoms with Crippen molar-refractivity contribution in [1.29, 1.82) is 0 Å². The number of anilines is 1. The van der Waals surface area contributed by atoms with Crippen LogP contribution in [0.4, 0.5) is 10.1 Å². The summed E-state index contributed by atoms with van der Waals surface area (Å²) in [6, 6.07) is 11.9. The molecule has 1 aliphatic heterocycles. The predicted molar refractivity (Wildman–Crippen MR) is 100 cm³/mol. The second kappa shape index (κ2) is 8.32. The molecule has 0 saturated carbocycles. The van der Waals surface area contributed by atoms with E-state index >= 15 is 0 Å². The van der Waals surface area contributed by atoms with Gasteiger partial charge in [-0.05, 0) is 54.8 Å². The van der Waals surface area contributed by atoms with E-state index < -0.39 is 5.82 Å². The summed E-state index contributed by atoms with van der Waals surface area (Å²) < 4.78 is 13.2. The van der Waals surface area contributed by atoms with Crippen molar-refractivity contribution in [1.82, 2.24) is 5.32 Å². The Kier molecular flexibility index (Phi) is 5.89. The molecule has 1 aliphatic rings. The Hall–Kier alpha value is -2.40. The van der Waals surface area contributed by atoms with E-state index in [4.69, 9.17) is 11.6 Å².